The van der Waals surface area contributed by atoms with E-state index >= 15 is 0 Å². The number of nitrogens with zero attached hydrogens (tertiary/aromatic N) is 7. The Labute approximate surface area is 178 Å². The number of aliphatic hydroxyl groups is 1. The van der Waals surface area contributed by atoms with Crippen LogP contribution in [0.1, 0.15) is 25.3 Å². The molecule has 4 rings (SSSR count). The van der Waals surface area contributed by atoms with Crippen LogP contribution in [0, 0.1) is 5.92 Å². The minimum absolute atomic E-state index is 0. The van der Waals surface area contributed by atoms with Gasteiger partial charge < -0.3 is 14.9 Å². The van der Waals surface area contributed by atoms with Crippen LogP contribution in [-0.2, 0) is 13.1 Å². The molecule has 2 saturated heterocycles. The Balaban J connectivity index is 0.00000240. The lowest BCUT2D eigenvalue weighted by Gasteiger charge is -2.38. The van der Waals surface area contributed by atoms with Gasteiger partial charge in [0.2, 0.25) is 0 Å². The average molecular weight is 422 g/mol. The Hall–Kier alpha value is -1.90. The summed E-state index contributed by atoms with van der Waals surface area (Å²) in [5.74, 6) is 2.43. The monoisotopic (exact) mass is 421 g/mol. The standard InChI is InChI=1S/C20H31N7O.ClH/c1-2-27-15-18(13-23-27)14-24-9-11-26(12-10-24)20-19(21-5-6-22-20)25-7-3-17(16-28)4-8-25;/h5-6,13,15,17,28H,2-4,7-12,14,16H2,1H3;1H. The smallest absolute Gasteiger partial charge is 0.172 e. The molecule has 160 valence electrons. The fraction of sp³-hybridized carbons (Fsp3) is 0.650. The molecule has 4 heterocycles. The van der Waals surface area contributed by atoms with Crippen LogP contribution < -0.4 is 9.80 Å². The van der Waals surface area contributed by atoms with Crippen molar-refractivity contribution < 1.29 is 5.11 Å². The van der Waals surface area contributed by atoms with E-state index in [2.05, 4.69) is 42.9 Å². The summed E-state index contributed by atoms with van der Waals surface area (Å²) in [6.07, 6.45) is 9.75. The zero-order chi connectivity index (χ0) is 19.3. The highest BCUT2D eigenvalue weighted by atomic mass is 35.5. The SMILES string of the molecule is CCn1cc(CN2CCN(c3nccnc3N3CCC(CO)CC3)CC2)cn1.Cl. The molecule has 0 saturated carbocycles. The van der Waals surface area contributed by atoms with Crippen LogP contribution in [0.25, 0.3) is 0 Å². The van der Waals surface area contributed by atoms with Gasteiger partial charge in [-0.15, -0.1) is 12.4 Å². The van der Waals surface area contributed by atoms with Gasteiger partial charge in [-0.3, -0.25) is 9.58 Å². The predicted octanol–water partition coefficient (Wildman–Crippen LogP) is 1.65. The molecule has 0 spiro atoms. The second kappa shape index (κ2) is 10.2. The Morgan fingerprint density at radius 1 is 0.966 bits per heavy atom. The summed E-state index contributed by atoms with van der Waals surface area (Å²) in [4.78, 5) is 16.5. The van der Waals surface area contributed by atoms with Gasteiger partial charge in [0, 0.05) is 83.1 Å². The van der Waals surface area contributed by atoms with Crippen LogP contribution >= 0.6 is 12.4 Å². The zero-order valence-corrected chi connectivity index (χ0v) is 18.0. The second-order valence-corrected chi connectivity index (χ2v) is 7.78. The van der Waals surface area contributed by atoms with Gasteiger partial charge in [-0.2, -0.15) is 5.10 Å². The first kappa shape index (κ1) is 21.8. The Morgan fingerprint density at radius 2 is 1.59 bits per heavy atom. The average Bonchev–Trinajstić information content (AvgIpc) is 3.22. The maximum absolute atomic E-state index is 9.39. The topological polar surface area (TPSA) is 73.5 Å². The first-order valence-electron chi connectivity index (χ1n) is 10.4. The van der Waals surface area contributed by atoms with Crippen molar-refractivity contribution >= 4 is 24.0 Å². The van der Waals surface area contributed by atoms with Crippen LogP contribution in [-0.4, -0.2) is 75.6 Å². The van der Waals surface area contributed by atoms with Gasteiger partial charge in [0.05, 0.1) is 6.20 Å². The Morgan fingerprint density at radius 3 is 2.14 bits per heavy atom. The summed E-state index contributed by atoms with van der Waals surface area (Å²) in [7, 11) is 0. The highest BCUT2D eigenvalue weighted by molar-refractivity contribution is 5.85. The maximum Gasteiger partial charge on any atom is 0.172 e. The van der Waals surface area contributed by atoms with E-state index in [-0.39, 0.29) is 12.4 Å². The van der Waals surface area contributed by atoms with Crippen molar-refractivity contribution in [1.29, 1.82) is 0 Å². The predicted molar refractivity (Wildman–Crippen MR) is 117 cm³/mol. The summed E-state index contributed by atoms with van der Waals surface area (Å²) >= 11 is 0. The fourth-order valence-electron chi connectivity index (χ4n) is 4.13. The van der Waals surface area contributed by atoms with Crippen molar-refractivity contribution in [3.8, 4) is 0 Å². The van der Waals surface area contributed by atoms with E-state index in [9.17, 15) is 5.11 Å². The van der Waals surface area contributed by atoms with Crippen LogP contribution in [0.2, 0.25) is 0 Å². The van der Waals surface area contributed by atoms with Crippen molar-refractivity contribution in [1.82, 2.24) is 24.6 Å². The third-order valence-electron chi connectivity index (χ3n) is 5.92. The molecule has 0 aromatic carbocycles. The van der Waals surface area contributed by atoms with E-state index in [0.29, 0.717) is 12.5 Å². The van der Waals surface area contributed by atoms with Gasteiger partial charge in [-0.1, -0.05) is 0 Å². The molecule has 29 heavy (non-hydrogen) atoms. The first-order chi connectivity index (χ1) is 13.8. The molecule has 0 radical (unpaired) electrons. The zero-order valence-electron chi connectivity index (χ0n) is 17.2. The van der Waals surface area contributed by atoms with Gasteiger partial charge >= 0.3 is 0 Å². The fourth-order valence-corrected chi connectivity index (χ4v) is 4.13. The van der Waals surface area contributed by atoms with Crippen molar-refractivity contribution in [3.05, 3.63) is 30.4 Å². The molecule has 0 atom stereocenters. The minimum atomic E-state index is 0. The summed E-state index contributed by atoms with van der Waals surface area (Å²) in [6, 6.07) is 0. The van der Waals surface area contributed by atoms with Crippen LogP contribution in [0.5, 0.6) is 0 Å². The number of aliphatic hydroxyl groups excluding tert-OH is 1. The molecule has 8 nitrogen and oxygen atoms in total. The van der Waals surface area contributed by atoms with Crippen molar-refractivity contribution in [2.24, 2.45) is 5.92 Å². The van der Waals surface area contributed by atoms with Gasteiger partial charge in [-0.25, -0.2) is 9.97 Å². The summed E-state index contributed by atoms with van der Waals surface area (Å²) in [6.45, 7) is 10.1. The third-order valence-corrected chi connectivity index (χ3v) is 5.92. The minimum Gasteiger partial charge on any atom is -0.396 e. The molecule has 9 heteroatoms. The lowest BCUT2D eigenvalue weighted by molar-refractivity contribution is 0.202. The molecule has 0 unspecified atom stereocenters. The molecule has 0 aliphatic carbocycles. The van der Waals surface area contributed by atoms with E-state index in [1.165, 1.54) is 5.56 Å². The van der Waals surface area contributed by atoms with Crippen molar-refractivity contribution in [3.63, 3.8) is 0 Å². The number of aromatic nitrogens is 4. The highest BCUT2D eigenvalue weighted by Gasteiger charge is 2.26. The molecule has 2 aliphatic rings. The van der Waals surface area contributed by atoms with Crippen molar-refractivity contribution in [2.45, 2.75) is 32.9 Å². The van der Waals surface area contributed by atoms with Gasteiger partial charge in [0.25, 0.3) is 0 Å². The molecule has 2 aromatic heterocycles. The van der Waals surface area contributed by atoms with E-state index in [1.54, 1.807) is 12.4 Å². The van der Waals surface area contributed by atoms with E-state index < -0.39 is 0 Å². The molecule has 0 amide bonds. The van der Waals surface area contributed by atoms with Crippen LogP contribution in [0.4, 0.5) is 11.6 Å². The molecular formula is C20H32ClN7O. The summed E-state index contributed by atoms with van der Waals surface area (Å²) in [5.41, 5.74) is 1.28. The number of hydrogen-bond acceptors (Lipinski definition) is 7. The Bertz CT molecular complexity index is 755. The lowest BCUT2D eigenvalue weighted by Crippen LogP contribution is -2.47. The van der Waals surface area contributed by atoms with Gasteiger partial charge in [-0.05, 0) is 25.7 Å². The molecule has 0 bridgehead atoms. The normalized spacial score (nSPS) is 18.7. The molecule has 2 aliphatic heterocycles. The molecule has 2 fully saturated rings. The van der Waals surface area contributed by atoms with Crippen molar-refractivity contribution in [2.75, 3.05) is 55.7 Å². The first-order valence-corrected chi connectivity index (χ1v) is 10.4. The van der Waals surface area contributed by atoms with E-state index in [0.717, 1.165) is 76.8 Å². The number of piperazine rings is 1. The number of aryl methyl sites for hydroxylation is 1. The number of halogens is 1. The quantitative estimate of drug-likeness (QED) is 0.760. The lowest BCUT2D eigenvalue weighted by atomic mass is 9.98. The highest BCUT2D eigenvalue weighted by Crippen LogP contribution is 2.29. The summed E-state index contributed by atoms with van der Waals surface area (Å²) < 4.78 is 1.98. The van der Waals surface area contributed by atoms with Gasteiger partial charge in [0.15, 0.2) is 11.6 Å². The number of anilines is 2. The third kappa shape index (κ3) is 5.18. The summed E-state index contributed by atoms with van der Waals surface area (Å²) in [5, 5.41) is 13.8. The van der Waals surface area contributed by atoms with Gasteiger partial charge in [0.1, 0.15) is 0 Å². The van der Waals surface area contributed by atoms with Crippen LogP contribution in [0.3, 0.4) is 0 Å². The Kier molecular flexibility index (Phi) is 7.69. The number of piperidine rings is 1. The number of hydrogen-bond donors (Lipinski definition) is 1. The largest absolute Gasteiger partial charge is 0.396 e. The molecule has 2 aromatic rings. The van der Waals surface area contributed by atoms with E-state index in [4.69, 9.17) is 0 Å². The number of rotatable bonds is 6. The van der Waals surface area contributed by atoms with E-state index in [1.807, 2.05) is 10.9 Å². The molecular weight excluding hydrogens is 390 g/mol. The molecule has 1 N–H and O–H groups in total. The van der Waals surface area contributed by atoms with Crippen LogP contribution in [0.15, 0.2) is 24.8 Å². The second-order valence-electron chi connectivity index (χ2n) is 7.78. The maximum atomic E-state index is 9.39.